The molecule has 0 fully saturated rings. The van der Waals surface area contributed by atoms with Gasteiger partial charge in [-0.2, -0.15) is 0 Å². The first-order chi connectivity index (χ1) is 13.5. The fraction of sp³-hybridized carbons (Fsp3) is 0.0556. The molecule has 5 nitrogen and oxygen atoms in total. The lowest BCUT2D eigenvalue weighted by atomic mass is 9.99. The molecular formula is C18H11F5N2O3S. The van der Waals surface area contributed by atoms with Crippen molar-refractivity contribution in [2.75, 3.05) is 0 Å². The fourth-order valence-electron chi connectivity index (χ4n) is 2.67. The number of alkyl halides is 3. The Bertz CT molecular complexity index is 1140. The molecule has 0 spiro atoms. The summed E-state index contributed by atoms with van der Waals surface area (Å²) in [5, 5.41) is 4.81. The molecule has 0 unspecified atom stereocenters. The van der Waals surface area contributed by atoms with Gasteiger partial charge in [0.05, 0.1) is 5.69 Å². The summed E-state index contributed by atoms with van der Waals surface area (Å²) in [5.41, 5.74) is 0.724. The molecule has 0 aliphatic carbocycles. The number of halogens is 5. The molecule has 0 amide bonds. The summed E-state index contributed by atoms with van der Waals surface area (Å²) in [6.07, 6.45) is -3.47. The molecule has 152 valence electrons. The summed E-state index contributed by atoms with van der Waals surface area (Å²) >= 11 is 0. The number of aromatic nitrogens is 1. The highest BCUT2D eigenvalue weighted by molar-refractivity contribution is 7.89. The highest BCUT2D eigenvalue weighted by Crippen LogP contribution is 2.34. The summed E-state index contributed by atoms with van der Waals surface area (Å²) in [5.74, 6) is -3.22. The van der Waals surface area contributed by atoms with Crippen molar-refractivity contribution in [3.63, 3.8) is 0 Å². The van der Waals surface area contributed by atoms with Crippen molar-refractivity contribution in [3.05, 3.63) is 66.4 Å². The zero-order valence-electron chi connectivity index (χ0n) is 14.2. The van der Waals surface area contributed by atoms with Gasteiger partial charge in [-0.25, -0.2) is 22.3 Å². The second-order valence-electron chi connectivity index (χ2n) is 5.79. The van der Waals surface area contributed by atoms with Crippen molar-refractivity contribution in [3.8, 4) is 28.1 Å². The second kappa shape index (κ2) is 7.41. The molecule has 0 atom stereocenters. The number of primary sulfonamides is 1. The highest BCUT2D eigenvalue weighted by Gasteiger charge is 2.31. The average molecular weight is 430 g/mol. The number of nitrogens with zero attached hydrogens (tertiary/aromatic N) is 1. The molecule has 1 aromatic heterocycles. The van der Waals surface area contributed by atoms with Gasteiger partial charge in [0.2, 0.25) is 10.0 Å². The van der Waals surface area contributed by atoms with Gasteiger partial charge in [-0.1, -0.05) is 6.07 Å². The van der Waals surface area contributed by atoms with Crippen molar-refractivity contribution in [2.24, 2.45) is 5.14 Å². The molecule has 0 radical (unpaired) electrons. The second-order valence-corrected chi connectivity index (χ2v) is 7.28. The van der Waals surface area contributed by atoms with Crippen LogP contribution in [-0.2, 0) is 10.0 Å². The molecule has 29 heavy (non-hydrogen) atoms. The van der Waals surface area contributed by atoms with Crippen LogP contribution in [0.25, 0.3) is 22.4 Å². The Hall–Kier alpha value is -3.05. The fourth-order valence-corrected chi connectivity index (χ4v) is 3.33. The van der Waals surface area contributed by atoms with Gasteiger partial charge in [-0.3, -0.25) is 4.98 Å². The minimum Gasteiger partial charge on any atom is -0.406 e. The Labute approximate surface area is 161 Å². The minimum atomic E-state index is -4.85. The van der Waals surface area contributed by atoms with Gasteiger partial charge in [-0.15, -0.1) is 13.2 Å². The molecule has 1 heterocycles. The number of rotatable bonds is 4. The van der Waals surface area contributed by atoms with E-state index in [0.717, 1.165) is 24.3 Å². The lowest BCUT2D eigenvalue weighted by Crippen LogP contribution is -2.16. The summed E-state index contributed by atoms with van der Waals surface area (Å²) in [6, 6.07) is 9.21. The van der Waals surface area contributed by atoms with Crippen LogP contribution in [0.5, 0.6) is 5.75 Å². The van der Waals surface area contributed by atoms with E-state index in [1.165, 1.54) is 30.5 Å². The predicted octanol–water partition coefficient (Wildman–Crippen LogP) is 4.24. The van der Waals surface area contributed by atoms with Gasteiger partial charge in [0.1, 0.15) is 17.4 Å². The number of nitrogens with two attached hydrogens (primary N) is 1. The summed E-state index contributed by atoms with van der Waals surface area (Å²) in [7, 11) is -4.62. The van der Waals surface area contributed by atoms with E-state index >= 15 is 0 Å². The van der Waals surface area contributed by atoms with Crippen LogP contribution in [0.1, 0.15) is 0 Å². The molecule has 2 N–H and O–H groups in total. The Kier molecular flexibility index (Phi) is 5.28. The predicted molar refractivity (Wildman–Crippen MR) is 93.1 cm³/mol. The van der Waals surface area contributed by atoms with Crippen molar-refractivity contribution >= 4 is 10.0 Å². The van der Waals surface area contributed by atoms with E-state index in [0.29, 0.717) is 5.56 Å². The summed E-state index contributed by atoms with van der Waals surface area (Å²) in [4.78, 5) is 2.85. The molecular weight excluding hydrogens is 419 g/mol. The van der Waals surface area contributed by atoms with Gasteiger partial charge < -0.3 is 4.74 Å². The number of benzene rings is 2. The van der Waals surface area contributed by atoms with E-state index < -0.39 is 38.7 Å². The molecule has 11 heteroatoms. The number of ether oxygens (including phenoxy) is 1. The van der Waals surface area contributed by atoms with Crippen molar-refractivity contribution in [1.29, 1.82) is 0 Å². The number of pyridine rings is 1. The smallest absolute Gasteiger partial charge is 0.406 e. The van der Waals surface area contributed by atoms with E-state index in [9.17, 15) is 30.4 Å². The van der Waals surface area contributed by atoms with E-state index in [-0.39, 0.29) is 16.8 Å². The first-order valence-electron chi connectivity index (χ1n) is 7.79. The van der Waals surface area contributed by atoms with Gasteiger partial charge in [0.15, 0.2) is 4.90 Å². The highest BCUT2D eigenvalue weighted by atomic mass is 32.2. The average Bonchev–Trinajstić information content (AvgIpc) is 2.59. The molecule has 2 aromatic carbocycles. The van der Waals surface area contributed by atoms with Crippen LogP contribution in [0.15, 0.2) is 59.6 Å². The zero-order valence-corrected chi connectivity index (χ0v) is 15.1. The molecule has 3 rings (SSSR count). The van der Waals surface area contributed by atoms with E-state index in [2.05, 4.69) is 9.72 Å². The first-order valence-corrected chi connectivity index (χ1v) is 9.34. The first kappa shape index (κ1) is 20.7. The zero-order chi connectivity index (χ0) is 21.4. The monoisotopic (exact) mass is 430 g/mol. The van der Waals surface area contributed by atoms with Crippen LogP contribution < -0.4 is 9.88 Å². The molecule has 0 saturated carbocycles. The summed E-state index contributed by atoms with van der Waals surface area (Å²) < 4.78 is 91.7. The quantitative estimate of drug-likeness (QED) is 0.628. The van der Waals surface area contributed by atoms with Crippen LogP contribution in [0.2, 0.25) is 0 Å². The van der Waals surface area contributed by atoms with Crippen molar-refractivity contribution in [2.45, 2.75) is 11.3 Å². The van der Waals surface area contributed by atoms with E-state index in [1.54, 1.807) is 0 Å². The number of hydrogen-bond donors (Lipinski definition) is 1. The van der Waals surface area contributed by atoms with Crippen LogP contribution >= 0.6 is 0 Å². The number of sulfonamides is 1. The lowest BCUT2D eigenvalue weighted by Gasteiger charge is -2.12. The maximum absolute atomic E-state index is 14.2. The Morgan fingerprint density at radius 3 is 2.03 bits per heavy atom. The molecule has 0 saturated heterocycles. The van der Waals surface area contributed by atoms with Crippen LogP contribution in [-0.4, -0.2) is 19.8 Å². The maximum atomic E-state index is 14.2. The van der Waals surface area contributed by atoms with Gasteiger partial charge in [-0.05, 0) is 48.0 Å². The standard InChI is InChI=1S/C18H11F5N2O3S/c19-14-8-11(9-15(20)17(14)29(24,26)27)13-2-1-7-25-16(13)10-3-5-12(6-4-10)28-18(21,22)23/h1-9H,(H2,24,26,27). The molecule has 3 aromatic rings. The van der Waals surface area contributed by atoms with Crippen LogP contribution in [0, 0.1) is 11.6 Å². The summed E-state index contributed by atoms with van der Waals surface area (Å²) in [6.45, 7) is 0. The van der Waals surface area contributed by atoms with E-state index in [1.807, 2.05) is 0 Å². The maximum Gasteiger partial charge on any atom is 0.573 e. The Balaban J connectivity index is 2.07. The Morgan fingerprint density at radius 1 is 0.931 bits per heavy atom. The molecule has 0 bridgehead atoms. The van der Waals surface area contributed by atoms with Gasteiger partial charge in [0.25, 0.3) is 0 Å². The third-order valence-electron chi connectivity index (χ3n) is 3.76. The third kappa shape index (κ3) is 4.69. The van der Waals surface area contributed by atoms with Crippen molar-refractivity contribution in [1.82, 2.24) is 4.98 Å². The van der Waals surface area contributed by atoms with E-state index in [4.69, 9.17) is 5.14 Å². The third-order valence-corrected chi connectivity index (χ3v) is 4.72. The van der Waals surface area contributed by atoms with Gasteiger partial charge in [0, 0.05) is 17.3 Å². The minimum absolute atomic E-state index is 0.0360. The van der Waals surface area contributed by atoms with Crippen LogP contribution in [0.3, 0.4) is 0 Å². The Morgan fingerprint density at radius 2 is 1.52 bits per heavy atom. The normalized spacial score (nSPS) is 12.1. The molecule has 0 aliphatic heterocycles. The van der Waals surface area contributed by atoms with Gasteiger partial charge >= 0.3 is 6.36 Å². The van der Waals surface area contributed by atoms with Crippen molar-refractivity contribution < 1.29 is 35.1 Å². The number of hydrogen-bond acceptors (Lipinski definition) is 4. The molecule has 0 aliphatic rings. The van der Waals surface area contributed by atoms with Crippen LogP contribution in [0.4, 0.5) is 22.0 Å². The lowest BCUT2D eigenvalue weighted by molar-refractivity contribution is -0.274. The largest absolute Gasteiger partial charge is 0.573 e. The SMILES string of the molecule is NS(=O)(=O)c1c(F)cc(-c2cccnc2-c2ccc(OC(F)(F)F)cc2)cc1F. The topological polar surface area (TPSA) is 82.3 Å².